The van der Waals surface area contributed by atoms with E-state index in [1.807, 2.05) is 25.7 Å². The summed E-state index contributed by atoms with van der Waals surface area (Å²) in [6.07, 6.45) is 1.58. The zero-order valence-electron chi connectivity index (χ0n) is 11.1. The van der Waals surface area contributed by atoms with Crippen LogP contribution >= 0.6 is 11.5 Å². The van der Waals surface area contributed by atoms with Crippen LogP contribution in [0.15, 0.2) is 6.33 Å². The molecule has 0 bridgehead atoms. The third-order valence-corrected chi connectivity index (χ3v) is 3.89. The van der Waals surface area contributed by atoms with Gasteiger partial charge in [-0.15, -0.1) is 0 Å². The lowest BCUT2D eigenvalue weighted by atomic mass is 10.2. The van der Waals surface area contributed by atoms with E-state index < -0.39 is 5.97 Å². The van der Waals surface area contributed by atoms with Crippen molar-refractivity contribution in [3.63, 3.8) is 0 Å². The predicted octanol–water partition coefficient (Wildman–Crippen LogP) is 2.08. The topological polar surface area (TPSA) is 79.2 Å². The van der Waals surface area contributed by atoms with Crippen LogP contribution in [0.3, 0.4) is 0 Å². The molecular weight excluding hydrogens is 264 g/mol. The molecule has 0 aliphatic rings. The zero-order valence-corrected chi connectivity index (χ0v) is 11.9. The third-order valence-electron chi connectivity index (χ3n) is 3.04. The maximum atomic E-state index is 10.9. The van der Waals surface area contributed by atoms with Crippen LogP contribution in [-0.4, -0.2) is 38.0 Å². The van der Waals surface area contributed by atoms with Crippen molar-refractivity contribution in [1.82, 2.24) is 14.3 Å². The maximum Gasteiger partial charge on any atom is 0.305 e. The molecule has 102 valence electrons. The van der Waals surface area contributed by atoms with Gasteiger partial charge < -0.3 is 10.0 Å². The van der Waals surface area contributed by atoms with Gasteiger partial charge in [-0.05, 0) is 32.3 Å². The minimum atomic E-state index is -0.809. The van der Waals surface area contributed by atoms with Gasteiger partial charge in [0.1, 0.15) is 17.0 Å². The highest BCUT2D eigenvalue weighted by Crippen LogP contribution is 2.29. The molecule has 0 spiro atoms. The number of hydrogen-bond acceptors (Lipinski definition) is 6. The first-order valence-corrected chi connectivity index (χ1v) is 6.87. The van der Waals surface area contributed by atoms with E-state index in [9.17, 15) is 4.79 Å². The van der Waals surface area contributed by atoms with Crippen LogP contribution in [0, 0.1) is 6.92 Å². The Morgan fingerprint density at radius 3 is 2.89 bits per heavy atom. The Morgan fingerprint density at radius 1 is 1.53 bits per heavy atom. The van der Waals surface area contributed by atoms with Crippen molar-refractivity contribution >= 4 is 33.5 Å². The molecule has 0 fully saturated rings. The van der Waals surface area contributed by atoms with E-state index in [1.54, 1.807) is 0 Å². The first-order valence-electron chi connectivity index (χ1n) is 6.10. The van der Waals surface area contributed by atoms with E-state index in [-0.39, 0.29) is 12.5 Å². The molecule has 0 aliphatic carbocycles. The SMILES string of the molecule is CCN(c1ncnc2snc(C)c12)C(C)CC(=O)O. The summed E-state index contributed by atoms with van der Waals surface area (Å²) >= 11 is 1.34. The predicted molar refractivity (Wildman–Crippen MR) is 74.7 cm³/mol. The highest BCUT2D eigenvalue weighted by atomic mass is 32.1. The van der Waals surface area contributed by atoms with Crippen LogP contribution in [0.2, 0.25) is 0 Å². The van der Waals surface area contributed by atoms with E-state index in [0.29, 0.717) is 6.54 Å². The van der Waals surface area contributed by atoms with Gasteiger partial charge in [0.05, 0.1) is 17.5 Å². The van der Waals surface area contributed by atoms with Gasteiger partial charge in [-0.1, -0.05) is 0 Å². The van der Waals surface area contributed by atoms with E-state index in [2.05, 4.69) is 14.3 Å². The smallest absolute Gasteiger partial charge is 0.305 e. The summed E-state index contributed by atoms with van der Waals surface area (Å²) in [5.41, 5.74) is 0.886. The monoisotopic (exact) mass is 280 g/mol. The van der Waals surface area contributed by atoms with Gasteiger partial charge in [0, 0.05) is 12.6 Å². The highest BCUT2D eigenvalue weighted by molar-refractivity contribution is 7.13. The number of anilines is 1. The molecule has 2 heterocycles. The Balaban J connectivity index is 2.45. The van der Waals surface area contributed by atoms with E-state index in [1.165, 1.54) is 17.9 Å². The summed E-state index contributed by atoms with van der Waals surface area (Å²) in [6.45, 7) is 6.49. The van der Waals surface area contributed by atoms with Crippen molar-refractivity contribution in [3.8, 4) is 0 Å². The Labute approximate surface area is 115 Å². The summed E-state index contributed by atoms with van der Waals surface area (Å²) in [5.74, 6) is -0.0380. The van der Waals surface area contributed by atoms with Crippen molar-refractivity contribution in [2.75, 3.05) is 11.4 Å². The lowest BCUT2D eigenvalue weighted by Gasteiger charge is -2.28. The fraction of sp³-hybridized carbons (Fsp3) is 0.500. The molecule has 2 rings (SSSR count). The lowest BCUT2D eigenvalue weighted by Crippen LogP contribution is -2.35. The molecule has 6 nitrogen and oxygen atoms in total. The van der Waals surface area contributed by atoms with Crippen molar-refractivity contribution in [2.24, 2.45) is 0 Å². The fourth-order valence-corrected chi connectivity index (χ4v) is 2.89. The van der Waals surface area contributed by atoms with Crippen LogP contribution < -0.4 is 4.90 Å². The number of aliphatic carboxylic acids is 1. The number of carboxylic acid groups (broad SMARTS) is 1. The summed E-state index contributed by atoms with van der Waals surface area (Å²) in [6, 6.07) is -0.125. The van der Waals surface area contributed by atoms with Crippen molar-refractivity contribution < 1.29 is 9.90 Å². The molecular formula is C12H16N4O2S. The maximum absolute atomic E-state index is 10.9. The number of hydrogen-bond donors (Lipinski definition) is 1. The van der Waals surface area contributed by atoms with Crippen LogP contribution in [-0.2, 0) is 4.79 Å². The average Bonchev–Trinajstić information content (AvgIpc) is 2.72. The van der Waals surface area contributed by atoms with Gasteiger partial charge in [0.15, 0.2) is 0 Å². The summed E-state index contributed by atoms with van der Waals surface area (Å²) < 4.78 is 4.29. The molecule has 1 N–H and O–H groups in total. The van der Waals surface area contributed by atoms with Gasteiger partial charge in [-0.25, -0.2) is 9.97 Å². The normalized spacial score (nSPS) is 12.6. The van der Waals surface area contributed by atoms with Gasteiger partial charge in [0.2, 0.25) is 0 Å². The Kier molecular flexibility index (Phi) is 3.94. The molecule has 0 aromatic carbocycles. The summed E-state index contributed by atoms with van der Waals surface area (Å²) in [5, 5.41) is 9.86. The van der Waals surface area contributed by atoms with Crippen molar-refractivity contribution in [1.29, 1.82) is 0 Å². The fourth-order valence-electron chi connectivity index (χ4n) is 2.15. The quantitative estimate of drug-likeness (QED) is 0.903. The Morgan fingerprint density at radius 2 is 2.26 bits per heavy atom. The van der Waals surface area contributed by atoms with E-state index in [0.717, 1.165) is 21.7 Å². The van der Waals surface area contributed by atoms with Crippen LogP contribution in [0.4, 0.5) is 5.82 Å². The molecule has 2 aromatic rings. The molecule has 0 saturated carbocycles. The minimum absolute atomic E-state index is 0.0793. The average molecular weight is 280 g/mol. The third kappa shape index (κ3) is 2.65. The number of aromatic nitrogens is 3. The number of carboxylic acids is 1. The first-order chi connectivity index (χ1) is 9.04. The van der Waals surface area contributed by atoms with Crippen LogP contribution in [0.1, 0.15) is 26.0 Å². The minimum Gasteiger partial charge on any atom is -0.481 e. The number of rotatable bonds is 5. The highest BCUT2D eigenvalue weighted by Gasteiger charge is 2.21. The molecule has 1 unspecified atom stereocenters. The van der Waals surface area contributed by atoms with Crippen molar-refractivity contribution in [2.45, 2.75) is 33.2 Å². The molecule has 1 atom stereocenters. The lowest BCUT2D eigenvalue weighted by molar-refractivity contribution is -0.137. The molecule has 19 heavy (non-hydrogen) atoms. The number of aryl methyl sites for hydroxylation is 1. The van der Waals surface area contributed by atoms with Crippen LogP contribution in [0.25, 0.3) is 10.2 Å². The second-order valence-corrected chi connectivity index (χ2v) is 5.13. The standard InChI is InChI=1S/C12H16N4O2S/c1-4-16(7(2)5-9(17)18)11-10-8(3)15-19-12(10)14-6-13-11/h6-7H,4-5H2,1-3H3,(H,17,18). The molecule has 0 radical (unpaired) electrons. The molecule has 7 heteroatoms. The summed E-state index contributed by atoms with van der Waals surface area (Å²) in [4.78, 5) is 22.2. The Hall–Kier alpha value is -1.76. The molecule has 0 saturated heterocycles. The molecule has 0 amide bonds. The summed E-state index contributed by atoms with van der Waals surface area (Å²) in [7, 11) is 0. The van der Waals surface area contributed by atoms with Gasteiger partial charge in [0.25, 0.3) is 0 Å². The van der Waals surface area contributed by atoms with E-state index in [4.69, 9.17) is 5.11 Å². The molecule has 2 aromatic heterocycles. The number of carbonyl (C=O) groups is 1. The van der Waals surface area contributed by atoms with Crippen molar-refractivity contribution in [3.05, 3.63) is 12.0 Å². The number of nitrogens with zero attached hydrogens (tertiary/aromatic N) is 4. The van der Waals surface area contributed by atoms with Gasteiger partial charge in [-0.3, -0.25) is 4.79 Å². The van der Waals surface area contributed by atoms with Gasteiger partial charge in [-0.2, -0.15) is 4.37 Å². The Bertz CT molecular complexity index is 598. The second-order valence-electron chi connectivity index (χ2n) is 4.38. The van der Waals surface area contributed by atoms with E-state index >= 15 is 0 Å². The van der Waals surface area contributed by atoms with Gasteiger partial charge >= 0.3 is 5.97 Å². The zero-order chi connectivity index (χ0) is 14.0. The number of fused-ring (bicyclic) bond motifs is 1. The second kappa shape index (κ2) is 5.48. The first kappa shape index (κ1) is 13.7. The largest absolute Gasteiger partial charge is 0.481 e. The molecule has 0 aliphatic heterocycles. The van der Waals surface area contributed by atoms with Crippen LogP contribution in [0.5, 0.6) is 0 Å².